The van der Waals surface area contributed by atoms with Crippen molar-refractivity contribution in [3.8, 4) is 11.5 Å². The van der Waals surface area contributed by atoms with Crippen LogP contribution in [0.5, 0.6) is 11.5 Å². The summed E-state index contributed by atoms with van der Waals surface area (Å²) in [5.74, 6) is 0.784. The molecule has 1 amide bonds. The van der Waals surface area contributed by atoms with E-state index in [1.807, 2.05) is 0 Å². The van der Waals surface area contributed by atoms with E-state index < -0.39 is 18.2 Å². The van der Waals surface area contributed by atoms with Crippen molar-refractivity contribution < 1.29 is 24.5 Å². The van der Waals surface area contributed by atoms with E-state index in [2.05, 4.69) is 0 Å². The second-order valence-electron chi connectivity index (χ2n) is 5.80. The predicted molar refractivity (Wildman–Crippen MR) is 79.2 cm³/mol. The molecule has 1 aromatic carbocycles. The van der Waals surface area contributed by atoms with E-state index in [1.165, 1.54) is 4.90 Å². The molecule has 1 aliphatic heterocycles. The number of rotatable bonds is 2. The van der Waals surface area contributed by atoms with Gasteiger partial charge in [-0.3, -0.25) is 4.79 Å². The van der Waals surface area contributed by atoms with Gasteiger partial charge in [0.1, 0.15) is 19.3 Å². The zero-order valence-electron chi connectivity index (χ0n) is 12.6. The van der Waals surface area contributed by atoms with Crippen LogP contribution < -0.4 is 9.47 Å². The largest absolute Gasteiger partial charge is 0.486 e. The third-order valence-corrected chi connectivity index (χ3v) is 4.40. The van der Waals surface area contributed by atoms with Crippen molar-refractivity contribution in [3.05, 3.63) is 23.8 Å². The zero-order valence-corrected chi connectivity index (χ0v) is 12.6. The summed E-state index contributed by atoms with van der Waals surface area (Å²) in [6.45, 7) is 0.875. The van der Waals surface area contributed by atoms with Gasteiger partial charge in [-0.1, -0.05) is 6.07 Å². The Labute approximate surface area is 129 Å². The highest BCUT2D eigenvalue weighted by molar-refractivity contribution is 5.98. The molecule has 0 unspecified atom stereocenters. The molecule has 6 heteroatoms. The lowest BCUT2D eigenvalue weighted by Crippen LogP contribution is -2.51. The fraction of sp³-hybridized carbons (Fsp3) is 0.562. The smallest absolute Gasteiger partial charge is 0.257 e. The summed E-state index contributed by atoms with van der Waals surface area (Å²) in [6, 6.07) is 4.82. The van der Waals surface area contributed by atoms with Crippen LogP contribution in [0.2, 0.25) is 0 Å². The van der Waals surface area contributed by atoms with Crippen LogP contribution in [0, 0.1) is 0 Å². The Bertz CT molecular complexity index is 561. The third-order valence-electron chi connectivity index (χ3n) is 4.40. The minimum atomic E-state index is -0.917. The Balaban J connectivity index is 1.84. The van der Waals surface area contributed by atoms with Crippen LogP contribution in [0.1, 0.15) is 29.6 Å². The number of nitrogens with zero attached hydrogens (tertiary/aromatic N) is 1. The highest BCUT2D eigenvalue weighted by atomic mass is 16.6. The van der Waals surface area contributed by atoms with Gasteiger partial charge in [0.05, 0.1) is 17.7 Å². The molecule has 0 aromatic heterocycles. The van der Waals surface area contributed by atoms with E-state index in [1.54, 1.807) is 25.2 Å². The molecule has 3 rings (SSSR count). The first-order chi connectivity index (χ1) is 10.6. The van der Waals surface area contributed by atoms with Crippen molar-refractivity contribution in [2.75, 3.05) is 20.3 Å². The summed E-state index contributed by atoms with van der Waals surface area (Å²) in [4.78, 5) is 14.3. The lowest BCUT2D eigenvalue weighted by atomic mass is 9.89. The van der Waals surface area contributed by atoms with Crippen molar-refractivity contribution >= 4 is 5.91 Å². The first kappa shape index (κ1) is 15.1. The lowest BCUT2D eigenvalue weighted by Gasteiger charge is -2.38. The average molecular weight is 307 g/mol. The maximum Gasteiger partial charge on any atom is 0.257 e. The van der Waals surface area contributed by atoms with Crippen LogP contribution in [0.15, 0.2) is 18.2 Å². The first-order valence-corrected chi connectivity index (χ1v) is 7.61. The monoisotopic (exact) mass is 307 g/mol. The van der Waals surface area contributed by atoms with E-state index in [0.29, 0.717) is 43.1 Å². The minimum absolute atomic E-state index is 0.236. The molecule has 22 heavy (non-hydrogen) atoms. The van der Waals surface area contributed by atoms with Gasteiger partial charge < -0.3 is 24.6 Å². The molecule has 0 saturated heterocycles. The Kier molecular flexibility index (Phi) is 4.22. The Hall–Kier alpha value is -1.79. The normalized spacial score (nSPS) is 27.3. The highest BCUT2D eigenvalue weighted by Gasteiger charge is 2.36. The summed E-state index contributed by atoms with van der Waals surface area (Å²) >= 11 is 0. The lowest BCUT2D eigenvalue weighted by molar-refractivity contribution is -0.0527. The van der Waals surface area contributed by atoms with Crippen molar-refractivity contribution in [3.63, 3.8) is 0 Å². The number of likely N-dealkylation sites (N-methyl/N-ethyl adjacent to an activating group) is 1. The second kappa shape index (κ2) is 6.14. The van der Waals surface area contributed by atoms with Gasteiger partial charge in [0.15, 0.2) is 11.5 Å². The molecule has 2 N–H and O–H groups in total. The van der Waals surface area contributed by atoms with Crippen molar-refractivity contribution in [1.29, 1.82) is 0 Å². The van der Waals surface area contributed by atoms with Crippen molar-refractivity contribution in [2.24, 2.45) is 0 Å². The summed E-state index contributed by atoms with van der Waals surface area (Å²) in [5.41, 5.74) is 0.423. The summed E-state index contributed by atoms with van der Waals surface area (Å²) in [6.07, 6.45) is 0.328. The van der Waals surface area contributed by atoms with Gasteiger partial charge in [0, 0.05) is 7.05 Å². The first-order valence-electron chi connectivity index (χ1n) is 7.61. The number of para-hydroxylation sites is 1. The number of aliphatic hydroxyl groups is 2. The summed E-state index contributed by atoms with van der Waals surface area (Å²) in [7, 11) is 1.65. The van der Waals surface area contributed by atoms with Gasteiger partial charge in [0.2, 0.25) is 0 Å². The zero-order chi connectivity index (χ0) is 15.7. The number of amides is 1. The van der Waals surface area contributed by atoms with Crippen molar-refractivity contribution in [2.45, 2.75) is 37.5 Å². The standard InChI is InChI=1S/C16H21NO5/c1-17(11-5-3-6-12(18)14(11)19)16(20)10-4-2-7-13-15(10)22-9-8-21-13/h2,4,7,11-12,14,18-19H,3,5-6,8-9H2,1H3/t11-,12-,14-/m1/s1. The van der Waals surface area contributed by atoms with Crippen LogP contribution in [0.4, 0.5) is 0 Å². The van der Waals surface area contributed by atoms with Gasteiger partial charge in [-0.15, -0.1) is 0 Å². The molecular formula is C16H21NO5. The maximum absolute atomic E-state index is 12.8. The highest BCUT2D eigenvalue weighted by Crippen LogP contribution is 2.35. The molecule has 1 aromatic rings. The topological polar surface area (TPSA) is 79.2 Å². The molecule has 0 radical (unpaired) electrons. The van der Waals surface area contributed by atoms with E-state index in [-0.39, 0.29) is 5.91 Å². The number of carbonyl (C=O) groups excluding carboxylic acids is 1. The molecule has 3 atom stereocenters. The Morgan fingerprint density at radius 3 is 2.82 bits per heavy atom. The van der Waals surface area contributed by atoms with E-state index in [0.717, 1.165) is 6.42 Å². The molecule has 1 fully saturated rings. The molecule has 120 valence electrons. The van der Waals surface area contributed by atoms with E-state index in [4.69, 9.17) is 9.47 Å². The number of hydrogen-bond acceptors (Lipinski definition) is 5. The number of fused-ring (bicyclic) bond motifs is 1. The van der Waals surface area contributed by atoms with Crippen molar-refractivity contribution in [1.82, 2.24) is 4.90 Å². The average Bonchev–Trinajstić information content (AvgIpc) is 2.55. The molecule has 1 aliphatic carbocycles. The van der Waals surface area contributed by atoms with Gasteiger partial charge in [-0.25, -0.2) is 0 Å². The Morgan fingerprint density at radius 1 is 1.23 bits per heavy atom. The van der Waals surface area contributed by atoms with Gasteiger partial charge in [-0.05, 0) is 31.4 Å². The minimum Gasteiger partial charge on any atom is -0.486 e. The maximum atomic E-state index is 12.8. The van der Waals surface area contributed by atoms with Crippen LogP contribution in [0.3, 0.4) is 0 Å². The van der Waals surface area contributed by atoms with Gasteiger partial charge >= 0.3 is 0 Å². The number of benzene rings is 1. The molecule has 1 heterocycles. The number of aliphatic hydroxyl groups excluding tert-OH is 2. The molecule has 0 spiro atoms. The molecule has 0 bridgehead atoms. The fourth-order valence-electron chi connectivity index (χ4n) is 3.14. The van der Waals surface area contributed by atoms with Crippen LogP contribution in [-0.4, -0.2) is 59.5 Å². The van der Waals surface area contributed by atoms with Gasteiger partial charge in [0.25, 0.3) is 5.91 Å². The number of carbonyl (C=O) groups is 1. The second-order valence-corrected chi connectivity index (χ2v) is 5.80. The SMILES string of the molecule is CN(C(=O)c1cccc2c1OCCO2)[C@@H]1CCC[C@@H](O)[C@@H]1O. The van der Waals surface area contributed by atoms with Crippen LogP contribution >= 0.6 is 0 Å². The van der Waals surface area contributed by atoms with Crippen LogP contribution in [-0.2, 0) is 0 Å². The van der Waals surface area contributed by atoms with E-state index >= 15 is 0 Å². The molecular weight excluding hydrogens is 286 g/mol. The Morgan fingerprint density at radius 2 is 2.00 bits per heavy atom. The number of ether oxygens (including phenoxy) is 2. The van der Waals surface area contributed by atoms with E-state index in [9.17, 15) is 15.0 Å². The molecule has 1 saturated carbocycles. The third kappa shape index (κ3) is 2.64. The molecule has 2 aliphatic rings. The summed E-state index contributed by atoms with van der Waals surface area (Å²) in [5, 5.41) is 20.0. The quantitative estimate of drug-likeness (QED) is 0.845. The van der Waals surface area contributed by atoms with Crippen LogP contribution in [0.25, 0.3) is 0 Å². The fourth-order valence-corrected chi connectivity index (χ4v) is 3.14. The van der Waals surface area contributed by atoms with Gasteiger partial charge in [-0.2, -0.15) is 0 Å². The predicted octanol–water partition coefficient (Wildman–Crippen LogP) is 0.804. The number of hydrogen-bond donors (Lipinski definition) is 2. The molecule has 6 nitrogen and oxygen atoms in total. The summed E-state index contributed by atoms with van der Waals surface area (Å²) < 4.78 is 11.1.